The van der Waals surface area contributed by atoms with Crippen LogP contribution in [0, 0.1) is 0 Å². The molecular formula is C14H14BrNO2. The number of carboxylic acids is 1. The third-order valence-corrected chi connectivity index (χ3v) is 4.74. The summed E-state index contributed by atoms with van der Waals surface area (Å²) in [5.74, 6) is -0.694. The Labute approximate surface area is 114 Å². The number of nitrogens with zero attached hydrogens (tertiary/aromatic N) is 1. The molecule has 2 aromatic rings. The monoisotopic (exact) mass is 307 g/mol. The van der Waals surface area contributed by atoms with Crippen molar-refractivity contribution in [1.82, 2.24) is 4.57 Å². The van der Waals surface area contributed by atoms with E-state index in [-0.39, 0.29) is 0 Å². The van der Waals surface area contributed by atoms with Gasteiger partial charge in [0.1, 0.15) is 0 Å². The zero-order valence-electron chi connectivity index (χ0n) is 10.1. The minimum atomic E-state index is -0.694. The van der Waals surface area contributed by atoms with E-state index in [1.54, 1.807) is 0 Å². The highest BCUT2D eigenvalue weighted by molar-refractivity contribution is 9.10. The number of halogens is 1. The molecule has 18 heavy (non-hydrogen) atoms. The Kier molecular flexibility index (Phi) is 2.52. The van der Waals surface area contributed by atoms with E-state index in [1.165, 1.54) is 0 Å². The number of benzene rings is 1. The molecule has 1 aliphatic rings. The smallest absolute Gasteiger partial charge is 0.314 e. The first-order valence-electron chi connectivity index (χ1n) is 6.03. The maximum atomic E-state index is 11.5. The highest BCUT2D eigenvalue weighted by Gasteiger charge is 2.45. The maximum Gasteiger partial charge on any atom is 0.314 e. The highest BCUT2D eigenvalue weighted by atomic mass is 79.9. The topological polar surface area (TPSA) is 42.2 Å². The zero-order valence-corrected chi connectivity index (χ0v) is 11.7. The molecule has 3 nitrogen and oxygen atoms in total. The first kappa shape index (κ1) is 11.8. The molecule has 3 rings (SSSR count). The summed E-state index contributed by atoms with van der Waals surface area (Å²) in [6.07, 6.45) is 4.50. The molecule has 1 aromatic heterocycles. The van der Waals surface area contributed by atoms with Gasteiger partial charge in [-0.1, -0.05) is 12.5 Å². The lowest BCUT2D eigenvalue weighted by molar-refractivity contribution is -0.147. The van der Waals surface area contributed by atoms with Gasteiger partial charge in [-0.3, -0.25) is 4.79 Å². The van der Waals surface area contributed by atoms with Gasteiger partial charge in [-0.05, 0) is 46.5 Å². The number of carboxylic acid groups (broad SMARTS) is 1. The first-order chi connectivity index (χ1) is 8.54. The Hall–Kier alpha value is -1.29. The van der Waals surface area contributed by atoms with E-state index in [2.05, 4.69) is 15.9 Å². The molecule has 0 atom stereocenters. The van der Waals surface area contributed by atoms with Crippen LogP contribution in [0.5, 0.6) is 0 Å². The largest absolute Gasteiger partial charge is 0.481 e. The van der Waals surface area contributed by atoms with Gasteiger partial charge in [0.05, 0.1) is 5.41 Å². The number of fused-ring (bicyclic) bond motifs is 1. The number of hydrogen-bond donors (Lipinski definition) is 1. The fourth-order valence-corrected chi connectivity index (χ4v) is 3.42. The second kappa shape index (κ2) is 3.85. The lowest BCUT2D eigenvalue weighted by Crippen LogP contribution is -2.42. The lowest BCUT2D eigenvalue weighted by atomic mass is 9.64. The lowest BCUT2D eigenvalue weighted by Gasteiger charge is -2.38. The maximum absolute atomic E-state index is 11.5. The fourth-order valence-electron chi connectivity index (χ4n) is 2.80. The average molecular weight is 308 g/mol. The molecule has 1 fully saturated rings. The van der Waals surface area contributed by atoms with Gasteiger partial charge >= 0.3 is 5.97 Å². The van der Waals surface area contributed by atoms with Crippen LogP contribution >= 0.6 is 15.9 Å². The molecule has 4 heteroatoms. The number of hydrogen-bond acceptors (Lipinski definition) is 1. The summed E-state index contributed by atoms with van der Waals surface area (Å²) in [6.45, 7) is 0. The fraction of sp³-hybridized carbons (Fsp3) is 0.357. The van der Waals surface area contributed by atoms with Gasteiger partial charge in [0.15, 0.2) is 0 Å². The number of carbonyl (C=O) groups is 1. The summed E-state index contributed by atoms with van der Waals surface area (Å²) >= 11 is 3.53. The Balaban J connectivity index is 2.19. The van der Waals surface area contributed by atoms with Crippen molar-refractivity contribution in [2.75, 3.05) is 0 Å². The predicted molar refractivity (Wildman–Crippen MR) is 73.8 cm³/mol. The summed E-state index contributed by atoms with van der Waals surface area (Å²) in [4.78, 5) is 11.5. The van der Waals surface area contributed by atoms with Crippen LogP contribution in [-0.2, 0) is 17.3 Å². The third kappa shape index (κ3) is 1.45. The summed E-state index contributed by atoms with van der Waals surface area (Å²) in [5.41, 5.74) is 1.40. The van der Waals surface area contributed by atoms with E-state index in [0.717, 1.165) is 40.2 Å². The minimum absolute atomic E-state index is 0.649. The van der Waals surface area contributed by atoms with Crippen molar-refractivity contribution in [1.29, 1.82) is 0 Å². The van der Waals surface area contributed by atoms with Crippen LogP contribution in [0.1, 0.15) is 24.8 Å². The van der Waals surface area contributed by atoms with Crippen LogP contribution in [0.4, 0.5) is 0 Å². The van der Waals surface area contributed by atoms with Gasteiger partial charge in [-0.15, -0.1) is 0 Å². The second-order valence-corrected chi connectivity index (χ2v) is 5.92. The van der Waals surface area contributed by atoms with Crippen molar-refractivity contribution < 1.29 is 9.90 Å². The quantitative estimate of drug-likeness (QED) is 0.923. The van der Waals surface area contributed by atoms with Crippen LogP contribution in [0.2, 0.25) is 0 Å². The molecule has 1 heterocycles. The summed E-state index contributed by atoms with van der Waals surface area (Å²) < 4.78 is 3.05. The van der Waals surface area contributed by atoms with Gasteiger partial charge in [0.25, 0.3) is 0 Å². The molecule has 0 amide bonds. The van der Waals surface area contributed by atoms with Crippen LogP contribution in [-0.4, -0.2) is 15.6 Å². The van der Waals surface area contributed by atoms with Crippen molar-refractivity contribution in [3.05, 3.63) is 34.4 Å². The van der Waals surface area contributed by atoms with Gasteiger partial charge in [-0.2, -0.15) is 0 Å². The van der Waals surface area contributed by atoms with E-state index < -0.39 is 11.4 Å². The molecule has 0 aliphatic heterocycles. The molecule has 94 valence electrons. The van der Waals surface area contributed by atoms with E-state index in [4.69, 9.17) is 0 Å². The summed E-state index contributed by atoms with van der Waals surface area (Å²) in [6, 6.07) is 5.99. The Morgan fingerprint density at radius 2 is 2.17 bits per heavy atom. The third-order valence-electron chi connectivity index (χ3n) is 4.11. The zero-order chi connectivity index (χ0) is 12.9. The molecule has 1 N–H and O–H groups in total. The van der Waals surface area contributed by atoms with Crippen LogP contribution in [0.15, 0.2) is 28.9 Å². The van der Waals surface area contributed by atoms with Crippen molar-refractivity contribution in [2.45, 2.75) is 24.7 Å². The predicted octanol–water partition coefficient (Wildman–Crippen LogP) is 3.45. The number of aryl methyl sites for hydroxylation is 1. The van der Waals surface area contributed by atoms with E-state index in [1.807, 2.05) is 36.0 Å². The van der Waals surface area contributed by atoms with Crippen LogP contribution in [0.3, 0.4) is 0 Å². The van der Waals surface area contributed by atoms with Crippen molar-refractivity contribution >= 4 is 32.8 Å². The summed E-state index contributed by atoms with van der Waals surface area (Å²) in [5, 5.41) is 10.6. The van der Waals surface area contributed by atoms with E-state index in [9.17, 15) is 9.90 Å². The minimum Gasteiger partial charge on any atom is -0.481 e. The second-order valence-electron chi connectivity index (χ2n) is 5.06. The molecule has 0 radical (unpaired) electrons. The molecule has 0 saturated heterocycles. The van der Waals surface area contributed by atoms with Crippen LogP contribution in [0.25, 0.3) is 10.9 Å². The van der Waals surface area contributed by atoms with Crippen molar-refractivity contribution in [2.24, 2.45) is 7.05 Å². The molecule has 1 saturated carbocycles. The number of rotatable bonds is 2. The first-order valence-corrected chi connectivity index (χ1v) is 6.82. The Morgan fingerprint density at radius 1 is 1.44 bits per heavy atom. The SMILES string of the molecule is Cn1cc(Br)c2cc(C3(C(=O)O)CCC3)ccc21. The van der Waals surface area contributed by atoms with Gasteiger partial charge in [0, 0.05) is 28.6 Å². The highest BCUT2D eigenvalue weighted by Crippen LogP contribution is 2.45. The molecule has 0 unspecified atom stereocenters. The number of aliphatic carboxylic acids is 1. The van der Waals surface area contributed by atoms with Crippen molar-refractivity contribution in [3.8, 4) is 0 Å². The average Bonchev–Trinajstić information content (AvgIpc) is 2.52. The molecule has 1 aliphatic carbocycles. The van der Waals surface area contributed by atoms with Gasteiger partial charge in [-0.25, -0.2) is 0 Å². The van der Waals surface area contributed by atoms with Crippen LogP contribution < -0.4 is 0 Å². The van der Waals surface area contributed by atoms with Gasteiger partial charge in [0.2, 0.25) is 0 Å². The normalized spacial score (nSPS) is 17.7. The number of aromatic nitrogens is 1. The molecule has 1 aromatic carbocycles. The van der Waals surface area contributed by atoms with E-state index >= 15 is 0 Å². The van der Waals surface area contributed by atoms with Crippen molar-refractivity contribution in [3.63, 3.8) is 0 Å². The molecule has 0 bridgehead atoms. The van der Waals surface area contributed by atoms with Gasteiger partial charge < -0.3 is 9.67 Å². The molecule has 0 spiro atoms. The standard InChI is InChI=1S/C14H14BrNO2/c1-16-8-11(15)10-7-9(3-4-12(10)16)14(13(17)18)5-2-6-14/h3-4,7-8H,2,5-6H2,1H3,(H,17,18). The Morgan fingerprint density at radius 3 is 2.72 bits per heavy atom. The Bertz CT molecular complexity index is 641. The summed E-state index contributed by atoms with van der Waals surface area (Å²) in [7, 11) is 1.99. The molecular weight excluding hydrogens is 294 g/mol. The van der Waals surface area contributed by atoms with E-state index in [0.29, 0.717) is 0 Å².